The van der Waals surface area contributed by atoms with Gasteiger partial charge < -0.3 is 19.4 Å². The molecule has 1 aliphatic heterocycles. The summed E-state index contributed by atoms with van der Waals surface area (Å²) >= 11 is 0. The van der Waals surface area contributed by atoms with E-state index in [4.69, 9.17) is 9.47 Å². The number of pyridine rings is 1. The minimum atomic E-state index is -0.296. The third-order valence-electron chi connectivity index (χ3n) is 4.85. The highest BCUT2D eigenvalue weighted by molar-refractivity contribution is 5.98. The van der Waals surface area contributed by atoms with Crippen LogP contribution in [0.25, 0.3) is 10.9 Å². The molecular formula is C21H20N2O4. The Kier molecular flexibility index (Phi) is 4.64. The van der Waals surface area contributed by atoms with E-state index in [1.54, 1.807) is 30.2 Å². The molecule has 138 valence electrons. The average Bonchev–Trinajstić information content (AvgIpc) is 2.74. The molecule has 2 aromatic carbocycles. The van der Waals surface area contributed by atoms with Crippen molar-refractivity contribution in [2.24, 2.45) is 0 Å². The van der Waals surface area contributed by atoms with Gasteiger partial charge in [0.2, 0.25) is 5.43 Å². The largest absolute Gasteiger partial charge is 0.495 e. The fourth-order valence-corrected chi connectivity index (χ4v) is 3.43. The van der Waals surface area contributed by atoms with Gasteiger partial charge in [0.1, 0.15) is 17.4 Å². The van der Waals surface area contributed by atoms with Crippen LogP contribution in [-0.2, 0) is 4.74 Å². The quantitative estimate of drug-likeness (QED) is 0.776. The Morgan fingerprint density at radius 3 is 2.78 bits per heavy atom. The predicted octanol–water partition coefficient (Wildman–Crippen LogP) is 2.75. The first-order valence-corrected chi connectivity index (χ1v) is 8.83. The van der Waals surface area contributed by atoms with E-state index in [2.05, 4.69) is 4.98 Å². The lowest BCUT2D eigenvalue weighted by Crippen LogP contribution is -2.43. The van der Waals surface area contributed by atoms with Gasteiger partial charge >= 0.3 is 0 Å². The molecule has 4 rings (SSSR count). The normalized spacial score (nSPS) is 17.1. The van der Waals surface area contributed by atoms with E-state index < -0.39 is 0 Å². The van der Waals surface area contributed by atoms with Crippen LogP contribution in [0.15, 0.2) is 59.5 Å². The standard InChI is InChI=1S/C21H20N2O4/c1-26-17-9-5-8-15-19(17)22-12-16(20(15)24)21(25)23-10-11-27-18(13-23)14-6-3-2-4-7-14/h2-9,12,18H,10-11,13H2,1H3,(H,22,24)/t18-/m0/s1. The molecule has 0 bridgehead atoms. The van der Waals surface area contributed by atoms with Crippen LogP contribution in [-0.4, -0.2) is 42.6 Å². The molecule has 3 aromatic rings. The first kappa shape index (κ1) is 17.3. The molecule has 0 aliphatic carbocycles. The molecule has 2 heterocycles. The number of hydrogen-bond acceptors (Lipinski definition) is 4. The molecule has 27 heavy (non-hydrogen) atoms. The highest BCUT2D eigenvalue weighted by Crippen LogP contribution is 2.24. The Labute approximate surface area is 156 Å². The number of hydrogen-bond donors (Lipinski definition) is 1. The highest BCUT2D eigenvalue weighted by Gasteiger charge is 2.27. The number of morpholine rings is 1. The number of rotatable bonds is 3. The zero-order chi connectivity index (χ0) is 18.8. The number of H-pyrrole nitrogens is 1. The molecule has 0 radical (unpaired) electrons. The van der Waals surface area contributed by atoms with Gasteiger partial charge in [-0.1, -0.05) is 36.4 Å². The van der Waals surface area contributed by atoms with Crippen molar-refractivity contribution in [1.29, 1.82) is 0 Å². The van der Waals surface area contributed by atoms with Gasteiger partial charge in [-0.2, -0.15) is 0 Å². The maximum Gasteiger partial charge on any atom is 0.259 e. The van der Waals surface area contributed by atoms with Crippen molar-refractivity contribution in [3.63, 3.8) is 0 Å². The number of fused-ring (bicyclic) bond motifs is 1. The van der Waals surface area contributed by atoms with E-state index in [0.717, 1.165) is 5.56 Å². The zero-order valence-electron chi connectivity index (χ0n) is 15.0. The van der Waals surface area contributed by atoms with Gasteiger partial charge in [-0.15, -0.1) is 0 Å². The Morgan fingerprint density at radius 2 is 2.00 bits per heavy atom. The lowest BCUT2D eigenvalue weighted by molar-refractivity contribution is -0.0228. The second-order valence-corrected chi connectivity index (χ2v) is 6.44. The van der Waals surface area contributed by atoms with E-state index in [9.17, 15) is 9.59 Å². The number of methoxy groups -OCH3 is 1. The Bertz CT molecular complexity index is 1030. The van der Waals surface area contributed by atoms with Gasteiger partial charge in [-0.25, -0.2) is 0 Å². The van der Waals surface area contributed by atoms with Crippen molar-refractivity contribution in [3.8, 4) is 5.75 Å². The average molecular weight is 364 g/mol. The monoisotopic (exact) mass is 364 g/mol. The minimum Gasteiger partial charge on any atom is -0.495 e. The summed E-state index contributed by atoms with van der Waals surface area (Å²) in [6, 6.07) is 15.0. The van der Waals surface area contributed by atoms with Crippen molar-refractivity contribution in [2.75, 3.05) is 26.8 Å². The molecule has 1 saturated heterocycles. The molecule has 1 fully saturated rings. The number of carbonyl (C=O) groups is 1. The van der Waals surface area contributed by atoms with Crippen molar-refractivity contribution >= 4 is 16.8 Å². The van der Waals surface area contributed by atoms with Gasteiger partial charge in [0.05, 0.1) is 31.2 Å². The second kappa shape index (κ2) is 7.25. The predicted molar refractivity (Wildman–Crippen MR) is 102 cm³/mol. The number of nitrogens with one attached hydrogen (secondary N) is 1. The number of amides is 1. The smallest absolute Gasteiger partial charge is 0.259 e. The first-order valence-electron chi connectivity index (χ1n) is 8.83. The topological polar surface area (TPSA) is 71.6 Å². The van der Waals surface area contributed by atoms with Crippen LogP contribution in [0.4, 0.5) is 0 Å². The zero-order valence-corrected chi connectivity index (χ0v) is 15.0. The molecule has 1 atom stereocenters. The highest BCUT2D eigenvalue weighted by atomic mass is 16.5. The van der Waals surface area contributed by atoms with Gasteiger partial charge in [-0.05, 0) is 17.7 Å². The number of ether oxygens (including phenoxy) is 2. The number of benzene rings is 2. The van der Waals surface area contributed by atoms with E-state index in [-0.39, 0.29) is 23.0 Å². The van der Waals surface area contributed by atoms with E-state index in [0.29, 0.717) is 36.3 Å². The summed E-state index contributed by atoms with van der Waals surface area (Å²) in [6.45, 7) is 1.31. The summed E-state index contributed by atoms with van der Waals surface area (Å²) < 4.78 is 11.1. The molecule has 0 saturated carbocycles. The van der Waals surface area contributed by atoms with Crippen LogP contribution in [0.2, 0.25) is 0 Å². The van der Waals surface area contributed by atoms with E-state index in [1.807, 2.05) is 30.3 Å². The summed E-state index contributed by atoms with van der Waals surface area (Å²) in [6.07, 6.45) is 1.28. The molecule has 1 aromatic heterocycles. The molecule has 0 unspecified atom stereocenters. The van der Waals surface area contributed by atoms with Crippen molar-refractivity contribution < 1.29 is 14.3 Å². The number of para-hydroxylation sites is 1. The summed E-state index contributed by atoms with van der Waals surface area (Å²) in [7, 11) is 1.55. The maximum absolute atomic E-state index is 13.0. The number of carbonyl (C=O) groups excluding carboxylic acids is 1. The molecule has 1 amide bonds. The molecule has 0 spiro atoms. The Hall–Kier alpha value is -3.12. The molecule has 1 N–H and O–H groups in total. The van der Waals surface area contributed by atoms with Crippen LogP contribution in [0.1, 0.15) is 22.0 Å². The van der Waals surface area contributed by atoms with Crippen molar-refractivity contribution in [2.45, 2.75) is 6.10 Å². The summed E-state index contributed by atoms with van der Waals surface area (Å²) in [5, 5.41) is 0.438. The van der Waals surface area contributed by atoms with Crippen LogP contribution in [0.3, 0.4) is 0 Å². The van der Waals surface area contributed by atoms with E-state index >= 15 is 0 Å². The summed E-state index contributed by atoms with van der Waals surface area (Å²) in [4.78, 5) is 30.6. The SMILES string of the molecule is COc1cccc2c(=O)c(C(=O)N3CCO[C@H](c4ccccc4)C3)c[nH]c12. The lowest BCUT2D eigenvalue weighted by atomic mass is 10.1. The van der Waals surface area contributed by atoms with Crippen molar-refractivity contribution in [3.05, 3.63) is 76.1 Å². The van der Waals surface area contributed by atoms with Gasteiger partial charge in [0.25, 0.3) is 5.91 Å². The van der Waals surface area contributed by atoms with Gasteiger partial charge in [0.15, 0.2) is 0 Å². The third kappa shape index (κ3) is 3.19. The molecule has 6 nitrogen and oxygen atoms in total. The first-order chi connectivity index (χ1) is 13.2. The fourth-order valence-electron chi connectivity index (χ4n) is 3.43. The van der Waals surface area contributed by atoms with Crippen molar-refractivity contribution in [1.82, 2.24) is 9.88 Å². The minimum absolute atomic E-state index is 0.129. The summed E-state index contributed by atoms with van der Waals surface area (Å²) in [5.41, 5.74) is 1.44. The second-order valence-electron chi connectivity index (χ2n) is 6.44. The van der Waals surface area contributed by atoms with Gasteiger partial charge in [0, 0.05) is 12.7 Å². The Morgan fingerprint density at radius 1 is 1.19 bits per heavy atom. The lowest BCUT2D eigenvalue weighted by Gasteiger charge is -2.33. The molecular weight excluding hydrogens is 344 g/mol. The number of aromatic nitrogens is 1. The molecule has 1 aliphatic rings. The third-order valence-corrected chi connectivity index (χ3v) is 4.85. The maximum atomic E-state index is 13.0. The van der Waals surface area contributed by atoms with Crippen LogP contribution >= 0.6 is 0 Å². The van der Waals surface area contributed by atoms with E-state index in [1.165, 1.54) is 6.20 Å². The van der Waals surface area contributed by atoms with Crippen LogP contribution in [0.5, 0.6) is 5.75 Å². The molecule has 6 heteroatoms. The Balaban J connectivity index is 1.64. The fraction of sp³-hybridized carbons (Fsp3) is 0.238. The van der Waals surface area contributed by atoms with Crippen LogP contribution < -0.4 is 10.2 Å². The summed E-state index contributed by atoms with van der Waals surface area (Å²) in [5.74, 6) is 0.282. The number of nitrogens with zero attached hydrogens (tertiary/aromatic N) is 1. The van der Waals surface area contributed by atoms with Gasteiger partial charge in [-0.3, -0.25) is 9.59 Å². The van der Waals surface area contributed by atoms with Crippen LogP contribution in [0, 0.1) is 0 Å². The number of aromatic amines is 1.